The molecule has 7 nitrogen and oxygen atoms in total. The molecule has 8 heteroatoms. The van der Waals surface area contributed by atoms with Crippen LogP contribution in [0.1, 0.15) is 17.3 Å². The summed E-state index contributed by atoms with van der Waals surface area (Å²) >= 11 is 0. The SMILES string of the molecule is COC(=O)c1ccccc1S(=O)(=O)NCC(N)C(C)O. The van der Waals surface area contributed by atoms with Crippen molar-refractivity contribution < 1.29 is 23.1 Å². The predicted molar refractivity (Wildman–Crippen MR) is 72.6 cm³/mol. The van der Waals surface area contributed by atoms with Gasteiger partial charge in [-0.15, -0.1) is 0 Å². The average molecular weight is 302 g/mol. The summed E-state index contributed by atoms with van der Waals surface area (Å²) in [4.78, 5) is 11.4. The Kier molecular flexibility index (Phi) is 5.63. The van der Waals surface area contributed by atoms with E-state index in [0.29, 0.717) is 0 Å². The third-order valence-electron chi connectivity index (χ3n) is 2.71. The molecule has 0 heterocycles. The smallest absolute Gasteiger partial charge is 0.339 e. The van der Waals surface area contributed by atoms with Gasteiger partial charge in [-0.1, -0.05) is 12.1 Å². The lowest BCUT2D eigenvalue weighted by Crippen LogP contribution is -2.43. The first-order chi connectivity index (χ1) is 9.29. The highest BCUT2D eigenvalue weighted by Crippen LogP contribution is 2.16. The molecular formula is C12H18N2O5S. The van der Waals surface area contributed by atoms with Crippen LogP contribution < -0.4 is 10.5 Å². The monoisotopic (exact) mass is 302 g/mol. The molecule has 4 N–H and O–H groups in total. The van der Waals surface area contributed by atoms with E-state index >= 15 is 0 Å². The Morgan fingerprint density at radius 3 is 2.60 bits per heavy atom. The quantitative estimate of drug-likeness (QED) is 0.607. The van der Waals surface area contributed by atoms with E-state index in [4.69, 9.17) is 5.73 Å². The minimum atomic E-state index is -3.92. The maximum absolute atomic E-state index is 12.1. The van der Waals surface area contributed by atoms with Crippen LogP contribution in [0.4, 0.5) is 0 Å². The van der Waals surface area contributed by atoms with Gasteiger partial charge in [0.25, 0.3) is 0 Å². The Morgan fingerprint density at radius 2 is 2.05 bits per heavy atom. The molecule has 0 spiro atoms. The van der Waals surface area contributed by atoms with Gasteiger partial charge in [-0.3, -0.25) is 0 Å². The molecule has 2 unspecified atom stereocenters. The average Bonchev–Trinajstić information content (AvgIpc) is 2.43. The molecule has 0 radical (unpaired) electrons. The molecular weight excluding hydrogens is 284 g/mol. The van der Waals surface area contributed by atoms with Crippen molar-refractivity contribution in [3.63, 3.8) is 0 Å². The van der Waals surface area contributed by atoms with Crippen molar-refractivity contribution in [2.75, 3.05) is 13.7 Å². The standard InChI is InChI=1S/C12H18N2O5S/c1-8(15)10(13)7-14-20(17,18)11-6-4-3-5-9(11)12(16)19-2/h3-6,8,10,14-15H,7,13H2,1-2H3. The number of aliphatic hydroxyl groups excluding tert-OH is 1. The molecule has 1 rings (SSSR count). The van der Waals surface area contributed by atoms with Crippen LogP contribution in [0.25, 0.3) is 0 Å². The molecule has 0 aliphatic heterocycles. The highest BCUT2D eigenvalue weighted by atomic mass is 32.2. The highest BCUT2D eigenvalue weighted by Gasteiger charge is 2.23. The third-order valence-corrected chi connectivity index (χ3v) is 4.19. The summed E-state index contributed by atoms with van der Waals surface area (Å²) in [6.45, 7) is 1.32. The number of benzene rings is 1. The fraction of sp³-hybridized carbons (Fsp3) is 0.417. The van der Waals surface area contributed by atoms with Crippen LogP contribution >= 0.6 is 0 Å². The molecule has 0 aliphatic carbocycles. The van der Waals surface area contributed by atoms with Crippen LogP contribution in [0.2, 0.25) is 0 Å². The lowest BCUT2D eigenvalue weighted by atomic mass is 10.2. The predicted octanol–water partition coefficient (Wildman–Crippen LogP) is -0.540. The first kappa shape index (κ1) is 16.6. The second-order valence-electron chi connectivity index (χ2n) is 4.24. The van der Waals surface area contributed by atoms with Gasteiger partial charge in [-0.05, 0) is 19.1 Å². The molecule has 1 aromatic rings. The number of carbonyl (C=O) groups is 1. The van der Waals surface area contributed by atoms with Crippen LogP contribution in [-0.4, -0.2) is 45.3 Å². The van der Waals surface area contributed by atoms with Gasteiger partial charge >= 0.3 is 5.97 Å². The van der Waals surface area contributed by atoms with Crippen molar-refractivity contribution in [3.8, 4) is 0 Å². The zero-order valence-corrected chi connectivity index (χ0v) is 12.1. The Labute approximate surface area is 117 Å². The van der Waals surface area contributed by atoms with Crippen LogP contribution in [0.15, 0.2) is 29.2 Å². The number of methoxy groups -OCH3 is 1. The fourth-order valence-corrected chi connectivity index (χ4v) is 2.70. The van der Waals surface area contributed by atoms with Gasteiger partial charge in [-0.25, -0.2) is 17.9 Å². The van der Waals surface area contributed by atoms with Gasteiger partial charge in [0.1, 0.15) is 0 Å². The summed E-state index contributed by atoms with van der Waals surface area (Å²) in [7, 11) is -2.75. The minimum absolute atomic E-state index is 0.0619. The van der Waals surface area contributed by atoms with Crippen LogP contribution in [0.3, 0.4) is 0 Å². The van der Waals surface area contributed by atoms with Gasteiger partial charge < -0.3 is 15.6 Å². The summed E-state index contributed by atoms with van der Waals surface area (Å²) < 4.78 is 31.1. The molecule has 1 aromatic carbocycles. The van der Waals surface area contributed by atoms with E-state index in [1.54, 1.807) is 0 Å². The molecule has 2 atom stereocenters. The zero-order chi connectivity index (χ0) is 15.3. The number of aliphatic hydroxyl groups is 1. The third kappa shape index (κ3) is 4.01. The summed E-state index contributed by atoms with van der Waals surface area (Å²) in [5.41, 5.74) is 5.50. The van der Waals surface area contributed by atoms with Gasteiger partial charge in [0.2, 0.25) is 10.0 Å². The van der Waals surface area contributed by atoms with E-state index in [0.717, 1.165) is 0 Å². The second-order valence-corrected chi connectivity index (χ2v) is 5.98. The maximum atomic E-state index is 12.1. The van der Waals surface area contributed by atoms with Gasteiger partial charge in [-0.2, -0.15) is 0 Å². The van der Waals surface area contributed by atoms with E-state index in [1.807, 2.05) is 0 Å². The fourth-order valence-electron chi connectivity index (χ4n) is 1.43. The molecule has 0 saturated carbocycles. The summed E-state index contributed by atoms with van der Waals surface area (Å²) in [6.07, 6.45) is -0.853. The summed E-state index contributed by atoms with van der Waals surface area (Å²) in [6, 6.07) is 4.94. The van der Waals surface area contributed by atoms with Crippen molar-refractivity contribution >= 4 is 16.0 Å². The largest absolute Gasteiger partial charge is 0.465 e. The van der Waals surface area contributed by atoms with E-state index < -0.39 is 28.1 Å². The number of hydrogen-bond donors (Lipinski definition) is 3. The summed E-state index contributed by atoms with van der Waals surface area (Å²) in [5.74, 6) is -0.745. The molecule has 0 aliphatic rings. The molecule has 0 saturated heterocycles. The number of rotatable bonds is 6. The Hall–Kier alpha value is -1.48. The number of carbonyl (C=O) groups excluding carboxylic acids is 1. The Morgan fingerprint density at radius 1 is 1.45 bits per heavy atom. The van der Waals surface area contributed by atoms with Gasteiger partial charge in [0, 0.05) is 12.6 Å². The number of nitrogens with two attached hydrogens (primary N) is 1. The van der Waals surface area contributed by atoms with Crippen molar-refractivity contribution in [2.24, 2.45) is 5.73 Å². The Balaban J connectivity index is 3.01. The van der Waals surface area contributed by atoms with E-state index in [-0.39, 0.29) is 17.0 Å². The summed E-state index contributed by atoms with van der Waals surface area (Å²) in [5, 5.41) is 9.24. The van der Waals surface area contributed by atoms with E-state index in [9.17, 15) is 18.3 Å². The van der Waals surface area contributed by atoms with Crippen molar-refractivity contribution in [3.05, 3.63) is 29.8 Å². The maximum Gasteiger partial charge on any atom is 0.339 e. The van der Waals surface area contributed by atoms with Crippen molar-refractivity contribution in [1.29, 1.82) is 0 Å². The normalized spacial score (nSPS) is 14.6. The highest BCUT2D eigenvalue weighted by molar-refractivity contribution is 7.89. The Bertz CT molecular complexity index is 571. The first-order valence-corrected chi connectivity index (χ1v) is 7.38. The molecule has 20 heavy (non-hydrogen) atoms. The van der Waals surface area contributed by atoms with E-state index in [2.05, 4.69) is 9.46 Å². The van der Waals surface area contributed by atoms with E-state index in [1.165, 1.54) is 38.3 Å². The van der Waals surface area contributed by atoms with Crippen molar-refractivity contribution in [2.45, 2.75) is 24.0 Å². The minimum Gasteiger partial charge on any atom is -0.465 e. The van der Waals surface area contributed by atoms with Crippen LogP contribution in [0.5, 0.6) is 0 Å². The second kappa shape index (κ2) is 6.80. The zero-order valence-electron chi connectivity index (χ0n) is 11.2. The van der Waals surface area contributed by atoms with Gasteiger partial charge in [0.05, 0.1) is 23.7 Å². The number of hydrogen-bond acceptors (Lipinski definition) is 6. The van der Waals surface area contributed by atoms with Gasteiger partial charge in [0.15, 0.2) is 0 Å². The van der Waals surface area contributed by atoms with Crippen LogP contribution in [0, 0.1) is 0 Å². The first-order valence-electron chi connectivity index (χ1n) is 5.90. The molecule has 0 bridgehead atoms. The number of sulfonamides is 1. The topological polar surface area (TPSA) is 119 Å². The molecule has 0 fully saturated rings. The number of ether oxygens (including phenoxy) is 1. The lowest BCUT2D eigenvalue weighted by molar-refractivity contribution is 0.0596. The molecule has 112 valence electrons. The number of nitrogens with one attached hydrogen (secondary N) is 1. The van der Waals surface area contributed by atoms with Crippen LogP contribution in [-0.2, 0) is 14.8 Å². The van der Waals surface area contributed by atoms with Crippen molar-refractivity contribution in [1.82, 2.24) is 4.72 Å². The molecule has 0 amide bonds. The lowest BCUT2D eigenvalue weighted by Gasteiger charge is -2.16. The molecule has 0 aromatic heterocycles. The number of esters is 1.